The minimum absolute atomic E-state index is 0.0174. The molecule has 2 rings (SSSR count). The Morgan fingerprint density at radius 2 is 2.13 bits per heavy atom. The SMILES string of the molecule is CCN(CCO)C(=O)N[C@H]1CC(=O)N(c2ccc(C)c(C)c2)C1. The van der Waals surface area contributed by atoms with Crippen molar-refractivity contribution in [3.63, 3.8) is 0 Å². The van der Waals surface area contributed by atoms with E-state index in [-0.39, 0.29) is 24.6 Å². The number of aryl methyl sites for hydroxylation is 2. The molecule has 126 valence electrons. The Kier molecular flexibility index (Phi) is 5.60. The van der Waals surface area contributed by atoms with Crippen LogP contribution in [0, 0.1) is 13.8 Å². The number of aliphatic hydroxyl groups is 1. The average molecular weight is 319 g/mol. The summed E-state index contributed by atoms with van der Waals surface area (Å²) in [7, 11) is 0. The zero-order chi connectivity index (χ0) is 17.0. The van der Waals surface area contributed by atoms with Crippen LogP contribution in [0.4, 0.5) is 10.5 Å². The van der Waals surface area contributed by atoms with Crippen LogP contribution < -0.4 is 10.2 Å². The number of anilines is 1. The van der Waals surface area contributed by atoms with Crippen molar-refractivity contribution >= 4 is 17.6 Å². The maximum absolute atomic E-state index is 12.2. The summed E-state index contributed by atoms with van der Waals surface area (Å²) in [6, 6.07) is 5.51. The first-order valence-corrected chi connectivity index (χ1v) is 8.00. The van der Waals surface area contributed by atoms with Gasteiger partial charge < -0.3 is 20.2 Å². The van der Waals surface area contributed by atoms with E-state index in [1.807, 2.05) is 39.0 Å². The number of hydrogen-bond donors (Lipinski definition) is 2. The van der Waals surface area contributed by atoms with E-state index in [2.05, 4.69) is 5.32 Å². The van der Waals surface area contributed by atoms with Crippen molar-refractivity contribution in [1.82, 2.24) is 10.2 Å². The van der Waals surface area contributed by atoms with Gasteiger partial charge in [-0.25, -0.2) is 4.79 Å². The Morgan fingerprint density at radius 3 is 2.74 bits per heavy atom. The number of carbonyl (C=O) groups excluding carboxylic acids is 2. The zero-order valence-electron chi connectivity index (χ0n) is 14.0. The van der Waals surface area contributed by atoms with Crippen molar-refractivity contribution in [2.45, 2.75) is 33.2 Å². The maximum Gasteiger partial charge on any atom is 0.317 e. The lowest BCUT2D eigenvalue weighted by molar-refractivity contribution is -0.117. The van der Waals surface area contributed by atoms with Crippen LogP contribution in [0.15, 0.2) is 18.2 Å². The maximum atomic E-state index is 12.2. The summed E-state index contributed by atoms with van der Waals surface area (Å²) in [4.78, 5) is 27.6. The third-order valence-corrected chi connectivity index (χ3v) is 4.29. The Balaban J connectivity index is 2.02. The van der Waals surface area contributed by atoms with Crippen LogP contribution in [-0.2, 0) is 4.79 Å². The van der Waals surface area contributed by atoms with E-state index in [0.717, 1.165) is 11.3 Å². The van der Waals surface area contributed by atoms with Crippen molar-refractivity contribution in [1.29, 1.82) is 0 Å². The second-order valence-electron chi connectivity index (χ2n) is 5.93. The molecule has 23 heavy (non-hydrogen) atoms. The van der Waals surface area contributed by atoms with Crippen LogP contribution in [0.2, 0.25) is 0 Å². The van der Waals surface area contributed by atoms with Gasteiger partial charge in [-0.15, -0.1) is 0 Å². The van der Waals surface area contributed by atoms with Gasteiger partial charge in [-0.2, -0.15) is 0 Å². The Hall–Kier alpha value is -2.08. The van der Waals surface area contributed by atoms with E-state index in [1.54, 1.807) is 4.90 Å². The van der Waals surface area contributed by atoms with Crippen molar-refractivity contribution < 1.29 is 14.7 Å². The fourth-order valence-electron chi connectivity index (χ4n) is 2.74. The van der Waals surface area contributed by atoms with Gasteiger partial charge in [-0.05, 0) is 44.0 Å². The average Bonchev–Trinajstić information content (AvgIpc) is 2.88. The number of hydrogen-bond acceptors (Lipinski definition) is 3. The highest BCUT2D eigenvalue weighted by molar-refractivity contribution is 5.96. The van der Waals surface area contributed by atoms with Crippen LogP contribution in [0.3, 0.4) is 0 Å². The smallest absolute Gasteiger partial charge is 0.317 e. The van der Waals surface area contributed by atoms with Crippen molar-refractivity contribution in [2.75, 3.05) is 31.1 Å². The van der Waals surface area contributed by atoms with E-state index in [9.17, 15) is 9.59 Å². The number of likely N-dealkylation sites (N-methyl/N-ethyl adjacent to an activating group) is 1. The van der Waals surface area contributed by atoms with Gasteiger partial charge in [0.25, 0.3) is 0 Å². The van der Waals surface area contributed by atoms with Crippen LogP contribution in [0.1, 0.15) is 24.5 Å². The van der Waals surface area contributed by atoms with Gasteiger partial charge in [0.1, 0.15) is 0 Å². The molecule has 0 radical (unpaired) electrons. The first-order valence-electron chi connectivity index (χ1n) is 8.00. The molecular weight excluding hydrogens is 294 g/mol. The molecule has 0 spiro atoms. The lowest BCUT2D eigenvalue weighted by atomic mass is 10.1. The van der Waals surface area contributed by atoms with E-state index in [1.165, 1.54) is 10.5 Å². The third kappa shape index (κ3) is 4.01. The lowest BCUT2D eigenvalue weighted by Gasteiger charge is -2.23. The monoisotopic (exact) mass is 319 g/mol. The molecule has 1 atom stereocenters. The minimum atomic E-state index is -0.235. The predicted octanol–water partition coefficient (Wildman–Crippen LogP) is 1.43. The quantitative estimate of drug-likeness (QED) is 0.862. The summed E-state index contributed by atoms with van der Waals surface area (Å²) in [6.45, 7) is 7.14. The number of rotatable bonds is 5. The largest absolute Gasteiger partial charge is 0.395 e. The molecule has 1 aliphatic rings. The van der Waals surface area contributed by atoms with Crippen molar-refractivity contribution in [3.05, 3.63) is 29.3 Å². The number of amides is 3. The first kappa shape index (κ1) is 17.3. The molecule has 1 heterocycles. The molecule has 0 aromatic heterocycles. The minimum Gasteiger partial charge on any atom is -0.395 e. The molecule has 6 heteroatoms. The van der Waals surface area contributed by atoms with Gasteiger partial charge in [0.15, 0.2) is 0 Å². The van der Waals surface area contributed by atoms with E-state index < -0.39 is 0 Å². The van der Waals surface area contributed by atoms with Crippen LogP contribution >= 0.6 is 0 Å². The van der Waals surface area contributed by atoms with Crippen LogP contribution in [-0.4, -0.2) is 54.2 Å². The molecule has 2 N–H and O–H groups in total. The number of benzene rings is 1. The van der Waals surface area contributed by atoms with Gasteiger partial charge >= 0.3 is 6.03 Å². The van der Waals surface area contributed by atoms with E-state index >= 15 is 0 Å². The highest BCUT2D eigenvalue weighted by Gasteiger charge is 2.32. The Morgan fingerprint density at radius 1 is 1.39 bits per heavy atom. The fourth-order valence-corrected chi connectivity index (χ4v) is 2.74. The molecule has 1 aromatic rings. The Bertz CT molecular complexity index is 588. The van der Waals surface area contributed by atoms with Gasteiger partial charge in [-0.1, -0.05) is 6.07 Å². The molecule has 1 fully saturated rings. The predicted molar refractivity (Wildman–Crippen MR) is 89.5 cm³/mol. The zero-order valence-corrected chi connectivity index (χ0v) is 14.0. The molecule has 3 amide bonds. The standard InChI is InChI=1S/C17H25N3O3/c1-4-19(7-8-21)17(23)18-14-10-16(22)20(11-14)15-6-5-12(2)13(3)9-15/h5-6,9,14,21H,4,7-8,10-11H2,1-3H3,(H,18,23)/t14-/m0/s1. The number of nitrogens with one attached hydrogen (secondary N) is 1. The summed E-state index contributed by atoms with van der Waals surface area (Å²) >= 11 is 0. The second kappa shape index (κ2) is 7.46. The van der Waals surface area contributed by atoms with Gasteiger partial charge in [0.05, 0.1) is 12.6 Å². The van der Waals surface area contributed by atoms with Crippen molar-refractivity contribution in [2.24, 2.45) is 0 Å². The number of carbonyl (C=O) groups is 2. The van der Waals surface area contributed by atoms with Crippen LogP contribution in [0.5, 0.6) is 0 Å². The van der Waals surface area contributed by atoms with E-state index in [4.69, 9.17) is 5.11 Å². The lowest BCUT2D eigenvalue weighted by Crippen LogP contribution is -2.46. The molecule has 0 aliphatic carbocycles. The normalized spacial score (nSPS) is 17.5. The van der Waals surface area contributed by atoms with Gasteiger partial charge in [0, 0.05) is 31.7 Å². The second-order valence-corrected chi connectivity index (χ2v) is 5.93. The summed E-state index contributed by atoms with van der Waals surface area (Å²) in [5.41, 5.74) is 3.20. The summed E-state index contributed by atoms with van der Waals surface area (Å²) < 4.78 is 0. The number of urea groups is 1. The Labute approximate surface area is 137 Å². The van der Waals surface area contributed by atoms with Crippen molar-refractivity contribution in [3.8, 4) is 0 Å². The van der Waals surface area contributed by atoms with Gasteiger partial charge in [0.2, 0.25) is 5.91 Å². The summed E-state index contributed by atoms with van der Waals surface area (Å²) in [5.74, 6) is 0.0174. The molecule has 0 saturated carbocycles. The van der Waals surface area contributed by atoms with E-state index in [0.29, 0.717) is 26.1 Å². The molecule has 1 saturated heterocycles. The molecule has 1 aromatic carbocycles. The molecular formula is C17H25N3O3. The highest BCUT2D eigenvalue weighted by Crippen LogP contribution is 2.24. The molecule has 0 bridgehead atoms. The third-order valence-electron chi connectivity index (χ3n) is 4.29. The highest BCUT2D eigenvalue weighted by atomic mass is 16.3. The molecule has 0 unspecified atom stereocenters. The number of aliphatic hydroxyl groups excluding tert-OH is 1. The number of nitrogens with zero attached hydrogens (tertiary/aromatic N) is 2. The van der Waals surface area contributed by atoms with Crippen LogP contribution in [0.25, 0.3) is 0 Å². The van der Waals surface area contributed by atoms with Gasteiger partial charge in [-0.3, -0.25) is 4.79 Å². The summed E-state index contributed by atoms with van der Waals surface area (Å²) in [6.07, 6.45) is 0.301. The molecule has 1 aliphatic heterocycles. The topological polar surface area (TPSA) is 72.9 Å². The fraction of sp³-hybridized carbons (Fsp3) is 0.529. The molecule has 6 nitrogen and oxygen atoms in total. The summed E-state index contributed by atoms with van der Waals surface area (Å²) in [5, 5.41) is 11.9. The first-order chi connectivity index (χ1) is 11.0.